The molecular formula is C18H23FN4O2S. The van der Waals surface area contributed by atoms with E-state index in [4.69, 9.17) is 0 Å². The summed E-state index contributed by atoms with van der Waals surface area (Å²) in [6.07, 6.45) is 5.19. The lowest BCUT2D eigenvalue weighted by atomic mass is 9.94. The number of nitrogens with one attached hydrogen (secondary N) is 1. The fourth-order valence-electron chi connectivity index (χ4n) is 4.12. The lowest BCUT2D eigenvalue weighted by molar-refractivity contribution is 0.125. The quantitative estimate of drug-likeness (QED) is 0.884. The van der Waals surface area contributed by atoms with Gasteiger partial charge in [-0.25, -0.2) is 17.1 Å². The van der Waals surface area contributed by atoms with Crippen molar-refractivity contribution in [3.63, 3.8) is 0 Å². The molecule has 3 fully saturated rings. The molecule has 2 aromatic rings. The Morgan fingerprint density at radius 2 is 1.96 bits per heavy atom. The third-order valence-electron chi connectivity index (χ3n) is 5.49. The van der Waals surface area contributed by atoms with Crippen molar-refractivity contribution in [2.45, 2.75) is 25.4 Å². The first kappa shape index (κ1) is 17.6. The van der Waals surface area contributed by atoms with E-state index in [9.17, 15) is 12.8 Å². The maximum absolute atomic E-state index is 13.2. The summed E-state index contributed by atoms with van der Waals surface area (Å²) < 4.78 is 38.8. The van der Waals surface area contributed by atoms with Crippen LogP contribution in [0.15, 0.2) is 30.5 Å². The molecule has 8 heteroatoms. The van der Waals surface area contributed by atoms with Gasteiger partial charge in [-0.3, -0.25) is 10.00 Å². The number of piperidine rings is 1. The minimum atomic E-state index is -3.16. The maximum Gasteiger partial charge on any atom is 0.211 e. The van der Waals surface area contributed by atoms with E-state index in [0.717, 1.165) is 36.2 Å². The van der Waals surface area contributed by atoms with E-state index in [1.807, 2.05) is 6.20 Å². The molecule has 3 aliphatic rings. The SMILES string of the molecule is CS(=O)(=O)N1C[C@@H]2CC[C@H](C1)N(Cc1cn[nH]c1-c1ccc(F)cc1)C2. The van der Waals surface area contributed by atoms with Crippen LogP contribution < -0.4 is 0 Å². The largest absolute Gasteiger partial charge is 0.294 e. The minimum absolute atomic E-state index is 0.222. The average Bonchev–Trinajstić information content (AvgIpc) is 2.84. The van der Waals surface area contributed by atoms with Crippen molar-refractivity contribution in [3.8, 4) is 11.3 Å². The fraction of sp³-hybridized carbons (Fsp3) is 0.500. The first-order chi connectivity index (χ1) is 12.4. The summed E-state index contributed by atoms with van der Waals surface area (Å²) in [6.45, 7) is 2.77. The van der Waals surface area contributed by atoms with Crippen LogP contribution in [0.25, 0.3) is 11.3 Å². The number of aromatic nitrogens is 2. The molecule has 3 saturated heterocycles. The highest BCUT2D eigenvalue weighted by Gasteiger charge is 2.37. The van der Waals surface area contributed by atoms with E-state index in [1.54, 1.807) is 16.4 Å². The molecule has 6 nitrogen and oxygen atoms in total. The molecule has 140 valence electrons. The molecule has 0 radical (unpaired) electrons. The summed E-state index contributed by atoms with van der Waals surface area (Å²) in [5, 5.41) is 7.19. The Hall–Kier alpha value is -1.77. The van der Waals surface area contributed by atoms with Crippen molar-refractivity contribution >= 4 is 10.0 Å². The number of hydrogen-bond donors (Lipinski definition) is 1. The normalized spacial score (nSPS) is 24.7. The highest BCUT2D eigenvalue weighted by atomic mass is 32.2. The van der Waals surface area contributed by atoms with E-state index in [-0.39, 0.29) is 11.9 Å². The van der Waals surface area contributed by atoms with Crippen molar-refractivity contribution in [1.82, 2.24) is 19.4 Å². The van der Waals surface area contributed by atoms with Crippen LogP contribution in [0.3, 0.4) is 0 Å². The predicted molar refractivity (Wildman–Crippen MR) is 97.3 cm³/mol. The molecule has 1 N–H and O–H groups in total. The fourth-order valence-corrected chi connectivity index (χ4v) is 5.04. The van der Waals surface area contributed by atoms with Crippen molar-refractivity contribution < 1.29 is 12.8 Å². The first-order valence-corrected chi connectivity index (χ1v) is 10.7. The zero-order chi connectivity index (χ0) is 18.3. The predicted octanol–water partition coefficient (Wildman–Crippen LogP) is 2.07. The molecular weight excluding hydrogens is 355 g/mol. The monoisotopic (exact) mass is 378 g/mol. The Morgan fingerprint density at radius 3 is 2.69 bits per heavy atom. The molecule has 0 spiro atoms. The van der Waals surface area contributed by atoms with Gasteiger partial charge in [0.1, 0.15) is 5.82 Å². The smallest absolute Gasteiger partial charge is 0.211 e. The second-order valence-electron chi connectivity index (χ2n) is 7.38. The molecule has 0 amide bonds. The van der Waals surface area contributed by atoms with Crippen LogP contribution in [0.4, 0.5) is 4.39 Å². The van der Waals surface area contributed by atoms with E-state index in [1.165, 1.54) is 18.4 Å². The van der Waals surface area contributed by atoms with Gasteiger partial charge in [-0.1, -0.05) is 0 Å². The summed E-state index contributed by atoms with van der Waals surface area (Å²) in [6, 6.07) is 6.59. The molecule has 0 aliphatic carbocycles. The molecule has 0 saturated carbocycles. The lowest BCUT2D eigenvalue weighted by Crippen LogP contribution is -2.43. The summed E-state index contributed by atoms with van der Waals surface area (Å²) in [5.41, 5.74) is 2.84. The van der Waals surface area contributed by atoms with Crippen LogP contribution >= 0.6 is 0 Å². The van der Waals surface area contributed by atoms with E-state index < -0.39 is 10.0 Å². The van der Waals surface area contributed by atoms with Crippen LogP contribution in [0, 0.1) is 11.7 Å². The number of H-pyrrole nitrogens is 1. The third kappa shape index (κ3) is 3.54. The van der Waals surface area contributed by atoms with E-state index in [2.05, 4.69) is 15.1 Å². The molecule has 0 unspecified atom stereocenters. The van der Waals surface area contributed by atoms with Gasteiger partial charge in [0.2, 0.25) is 10.0 Å². The molecule has 2 atom stereocenters. The summed E-state index contributed by atoms with van der Waals surface area (Å²) in [4.78, 5) is 2.37. The number of sulfonamides is 1. The molecule has 4 heterocycles. The molecule has 1 aromatic carbocycles. The van der Waals surface area contributed by atoms with Crippen LogP contribution in [-0.2, 0) is 16.6 Å². The van der Waals surface area contributed by atoms with Crippen LogP contribution in [0.5, 0.6) is 0 Å². The topological polar surface area (TPSA) is 69.3 Å². The van der Waals surface area contributed by atoms with Gasteiger partial charge in [-0.15, -0.1) is 0 Å². The lowest BCUT2D eigenvalue weighted by Gasteiger charge is -2.36. The second-order valence-corrected chi connectivity index (χ2v) is 9.37. The van der Waals surface area contributed by atoms with Gasteiger partial charge >= 0.3 is 0 Å². The zero-order valence-corrected chi connectivity index (χ0v) is 15.5. The van der Waals surface area contributed by atoms with Gasteiger partial charge in [0.15, 0.2) is 0 Å². The van der Waals surface area contributed by atoms with Crippen LogP contribution in [0.2, 0.25) is 0 Å². The van der Waals surface area contributed by atoms with E-state index in [0.29, 0.717) is 25.6 Å². The average molecular weight is 378 g/mol. The summed E-state index contributed by atoms with van der Waals surface area (Å²) >= 11 is 0. The summed E-state index contributed by atoms with van der Waals surface area (Å²) in [5.74, 6) is 0.102. The third-order valence-corrected chi connectivity index (χ3v) is 6.72. The highest BCUT2D eigenvalue weighted by Crippen LogP contribution is 2.31. The molecule has 26 heavy (non-hydrogen) atoms. The van der Waals surface area contributed by atoms with E-state index >= 15 is 0 Å². The number of nitrogens with zero attached hydrogens (tertiary/aromatic N) is 3. The molecule has 2 bridgehead atoms. The standard InChI is InChI=1S/C18H23FN4O2S/c1-26(24,25)23-10-13-2-7-17(12-23)22(9-13)11-15-8-20-21-18(15)14-3-5-16(19)6-4-14/h3-6,8,13,17H,2,7,9-12H2,1H3,(H,20,21)/t13-,17-/m1/s1. The van der Waals surface area contributed by atoms with Crippen molar-refractivity contribution in [3.05, 3.63) is 41.8 Å². The first-order valence-electron chi connectivity index (χ1n) is 8.87. The Labute approximate surface area is 153 Å². The Balaban J connectivity index is 1.55. The summed E-state index contributed by atoms with van der Waals surface area (Å²) in [7, 11) is -3.16. The maximum atomic E-state index is 13.2. The zero-order valence-electron chi connectivity index (χ0n) is 14.7. The Bertz CT molecular complexity index is 881. The highest BCUT2D eigenvalue weighted by molar-refractivity contribution is 7.88. The minimum Gasteiger partial charge on any atom is -0.294 e. The van der Waals surface area contributed by atoms with Gasteiger partial charge < -0.3 is 0 Å². The van der Waals surface area contributed by atoms with Crippen molar-refractivity contribution in [2.75, 3.05) is 25.9 Å². The number of rotatable bonds is 4. The number of benzene rings is 1. The Morgan fingerprint density at radius 1 is 1.19 bits per heavy atom. The number of aromatic amines is 1. The Kier molecular flexibility index (Phi) is 4.58. The van der Waals surface area contributed by atoms with Crippen molar-refractivity contribution in [2.24, 2.45) is 5.92 Å². The van der Waals surface area contributed by atoms with Gasteiger partial charge in [0.05, 0.1) is 18.1 Å². The van der Waals surface area contributed by atoms with Gasteiger partial charge in [0, 0.05) is 43.3 Å². The van der Waals surface area contributed by atoms with Gasteiger partial charge in [-0.05, 0) is 43.0 Å². The van der Waals surface area contributed by atoms with Crippen molar-refractivity contribution in [1.29, 1.82) is 0 Å². The second kappa shape index (κ2) is 6.75. The van der Waals surface area contributed by atoms with Gasteiger partial charge in [0.25, 0.3) is 0 Å². The number of fused-ring (bicyclic) bond motifs is 4. The van der Waals surface area contributed by atoms with Crippen LogP contribution in [0.1, 0.15) is 18.4 Å². The van der Waals surface area contributed by atoms with Crippen LogP contribution in [-0.4, -0.2) is 59.8 Å². The van der Waals surface area contributed by atoms with Gasteiger partial charge in [-0.2, -0.15) is 5.10 Å². The molecule has 3 aliphatic heterocycles. The molecule has 1 aromatic heterocycles. The number of halogens is 1. The number of hydrogen-bond acceptors (Lipinski definition) is 4. The molecule has 5 rings (SSSR count).